The average molecular weight is 161 g/mol. The highest BCUT2D eigenvalue weighted by Gasteiger charge is 2.25. The number of aliphatic hydroxyl groups excluding tert-OH is 1. The van der Waals surface area contributed by atoms with E-state index in [1.165, 1.54) is 0 Å². The Bertz CT molecular complexity index is 106. The fourth-order valence-corrected chi connectivity index (χ4v) is 1.26. The molecule has 0 aliphatic carbocycles. The second-order valence-electron chi connectivity index (χ2n) is 3.37. The van der Waals surface area contributed by atoms with Crippen LogP contribution in [0.4, 0.5) is 0 Å². The van der Waals surface area contributed by atoms with Gasteiger partial charge in [-0.1, -0.05) is 13.3 Å². The molecule has 11 heavy (non-hydrogen) atoms. The Balaban J connectivity index is 3.87. The largest absolute Gasteiger partial charge is 0.393 e. The third-order valence-corrected chi connectivity index (χ3v) is 1.62. The average Bonchev–Trinajstić information content (AvgIpc) is 1.87. The summed E-state index contributed by atoms with van der Waals surface area (Å²) in [4.78, 5) is 1.88. The van der Waals surface area contributed by atoms with Crippen molar-refractivity contribution in [2.24, 2.45) is 0 Å². The number of hydrogen-bond acceptors (Lipinski definition) is 3. The topological polar surface area (TPSA) is 43.7 Å². The predicted octanol–water partition coefficient (Wildman–Crippen LogP) is 0.0715. The Morgan fingerprint density at radius 3 is 2.18 bits per heavy atom. The summed E-state index contributed by atoms with van der Waals surface area (Å²) in [6, 6.07) is 0. The SMILES string of the molecule is CCCC(O)(CO)CN(C)C. The lowest BCUT2D eigenvalue weighted by atomic mass is 9.99. The smallest absolute Gasteiger partial charge is 0.100 e. The van der Waals surface area contributed by atoms with E-state index in [0.29, 0.717) is 13.0 Å². The van der Waals surface area contributed by atoms with Crippen LogP contribution >= 0.6 is 0 Å². The number of aliphatic hydroxyl groups is 2. The van der Waals surface area contributed by atoms with Crippen molar-refractivity contribution in [3.05, 3.63) is 0 Å². The summed E-state index contributed by atoms with van der Waals surface area (Å²) in [6.07, 6.45) is 1.55. The highest BCUT2D eigenvalue weighted by molar-refractivity contribution is 4.79. The fraction of sp³-hybridized carbons (Fsp3) is 1.00. The van der Waals surface area contributed by atoms with Gasteiger partial charge in [0.25, 0.3) is 0 Å². The Morgan fingerprint density at radius 2 is 1.91 bits per heavy atom. The minimum atomic E-state index is -0.905. The van der Waals surface area contributed by atoms with Gasteiger partial charge in [-0.2, -0.15) is 0 Å². The van der Waals surface area contributed by atoms with Crippen LogP contribution in [-0.4, -0.2) is 48.0 Å². The van der Waals surface area contributed by atoms with Crippen LogP contribution < -0.4 is 0 Å². The minimum absolute atomic E-state index is 0.154. The molecule has 0 radical (unpaired) electrons. The van der Waals surface area contributed by atoms with E-state index in [1.807, 2.05) is 25.9 Å². The van der Waals surface area contributed by atoms with E-state index < -0.39 is 5.60 Å². The maximum Gasteiger partial charge on any atom is 0.100 e. The zero-order chi connectivity index (χ0) is 8.91. The first kappa shape index (κ1) is 10.9. The first-order valence-electron chi connectivity index (χ1n) is 4.02. The lowest BCUT2D eigenvalue weighted by Gasteiger charge is -2.28. The molecule has 0 aromatic rings. The van der Waals surface area contributed by atoms with Gasteiger partial charge in [0.1, 0.15) is 5.60 Å². The zero-order valence-corrected chi connectivity index (χ0v) is 7.67. The molecule has 68 valence electrons. The second kappa shape index (κ2) is 4.70. The minimum Gasteiger partial charge on any atom is -0.393 e. The summed E-state index contributed by atoms with van der Waals surface area (Å²) in [5.74, 6) is 0. The van der Waals surface area contributed by atoms with Crippen molar-refractivity contribution in [1.82, 2.24) is 4.90 Å². The molecule has 0 saturated carbocycles. The van der Waals surface area contributed by atoms with Crippen molar-refractivity contribution in [1.29, 1.82) is 0 Å². The summed E-state index contributed by atoms with van der Waals surface area (Å²) in [6.45, 7) is 2.37. The molecule has 1 atom stereocenters. The van der Waals surface area contributed by atoms with E-state index >= 15 is 0 Å². The summed E-state index contributed by atoms with van der Waals surface area (Å²) in [5.41, 5.74) is -0.905. The number of nitrogens with zero attached hydrogens (tertiary/aromatic N) is 1. The van der Waals surface area contributed by atoms with Crippen LogP contribution in [0.2, 0.25) is 0 Å². The van der Waals surface area contributed by atoms with Gasteiger partial charge in [0, 0.05) is 6.54 Å². The predicted molar refractivity (Wildman–Crippen MR) is 45.5 cm³/mol. The van der Waals surface area contributed by atoms with Crippen molar-refractivity contribution in [3.63, 3.8) is 0 Å². The van der Waals surface area contributed by atoms with Crippen LogP contribution in [-0.2, 0) is 0 Å². The van der Waals surface area contributed by atoms with Crippen molar-refractivity contribution >= 4 is 0 Å². The molecular weight excluding hydrogens is 142 g/mol. The van der Waals surface area contributed by atoms with Gasteiger partial charge in [-0.3, -0.25) is 0 Å². The molecule has 1 unspecified atom stereocenters. The lowest BCUT2D eigenvalue weighted by Crippen LogP contribution is -2.43. The molecule has 0 aliphatic rings. The first-order valence-corrected chi connectivity index (χ1v) is 4.02. The van der Waals surface area contributed by atoms with Crippen LogP contribution in [0.25, 0.3) is 0 Å². The van der Waals surface area contributed by atoms with Crippen LogP contribution in [0.5, 0.6) is 0 Å². The maximum absolute atomic E-state index is 9.70. The normalized spacial score (nSPS) is 16.9. The first-order chi connectivity index (χ1) is 5.04. The van der Waals surface area contributed by atoms with Gasteiger partial charge in [-0.05, 0) is 20.5 Å². The van der Waals surface area contributed by atoms with Gasteiger partial charge in [0.15, 0.2) is 0 Å². The summed E-state index contributed by atoms with van der Waals surface area (Å²) in [5, 5.41) is 18.6. The second-order valence-corrected chi connectivity index (χ2v) is 3.37. The third-order valence-electron chi connectivity index (χ3n) is 1.62. The quantitative estimate of drug-likeness (QED) is 0.600. The van der Waals surface area contributed by atoms with Gasteiger partial charge in [-0.25, -0.2) is 0 Å². The van der Waals surface area contributed by atoms with Crippen molar-refractivity contribution < 1.29 is 10.2 Å². The van der Waals surface area contributed by atoms with Crippen LogP contribution in [0.1, 0.15) is 19.8 Å². The molecule has 0 spiro atoms. The Hall–Kier alpha value is -0.120. The molecule has 3 nitrogen and oxygen atoms in total. The summed E-state index contributed by atoms with van der Waals surface area (Å²) < 4.78 is 0. The van der Waals surface area contributed by atoms with Crippen molar-refractivity contribution in [2.75, 3.05) is 27.2 Å². The highest BCUT2D eigenvalue weighted by Crippen LogP contribution is 2.12. The maximum atomic E-state index is 9.70. The molecule has 0 heterocycles. The van der Waals surface area contributed by atoms with E-state index in [4.69, 9.17) is 5.11 Å². The summed E-state index contributed by atoms with van der Waals surface area (Å²) in [7, 11) is 3.77. The molecule has 0 fully saturated rings. The van der Waals surface area contributed by atoms with Gasteiger partial charge < -0.3 is 15.1 Å². The molecule has 0 rings (SSSR count). The molecule has 0 aromatic carbocycles. The van der Waals surface area contributed by atoms with Gasteiger partial charge in [-0.15, -0.1) is 0 Å². The standard InChI is InChI=1S/C8H19NO2/c1-4-5-8(11,7-10)6-9(2)3/h10-11H,4-7H2,1-3H3. The fourth-order valence-electron chi connectivity index (χ4n) is 1.26. The summed E-state index contributed by atoms with van der Waals surface area (Å²) >= 11 is 0. The number of likely N-dealkylation sites (N-methyl/N-ethyl adjacent to an activating group) is 1. The molecule has 0 saturated heterocycles. The Morgan fingerprint density at radius 1 is 1.36 bits per heavy atom. The molecule has 2 N–H and O–H groups in total. The Kier molecular flexibility index (Phi) is 4.65. The Labute approximate surface area is 68.6 Å². The third kappa shape index (κ3) is 4.35. The van der Waals surface area contributed by atoms with Crippen LogP contribution in [0, 0.1) is 0 Å². The monoisotopic (exact) mass is 161 g/mol. The number of rotatable bonds is 5. The highest BCUT2D eigenvalue weighted by atomic mass is 16.3. The number of hydrogen-bond donors (Lipinski definition) is 2. The molecular formula is C8H19NO2. The van der Waals surface area contributed by atoms with Gasteiger partial charge in [0.05, 0.1) is 6.61 Å². The lowest BCUT2D eigenvalue weighted by molar-refractivity contribution is -0.0382. The van der Waals surface area contributed by atoms with E-state index in [9.17, 15) is 5.11 Å². The molecule has 0 aliphatic heterocycles. The van der Waals surface area contributed by atoms with Crippen molar-refractivity contribution in [2.45, 2.75) is 25.4 Å². The molecule has 0 amide bonds. The van der Waals surface area contributed by atoms with E-state index in [0.717, 1.165) is 6.42 Å². The van der Waals surface area contributed by atoms with E-state index in [-0.39, 0.29) is 6.61 Å². The van der Waals surface area contributed by atoms with Gasteiger partial charge in [0.2, 0.25) is 0 Å². The molecule has 0 aromatic heterocycles. The zero-order valence-electron chi connectivity index (χ0n) is 7.67. The van der Waals surface area contributed by atoms with Crippen LogP contribution in [0.3, 0.4) is 0 Å². The van der Waals surface area contributed by atoms with Crippen LogP contribution in [0.15, 0.2) is 0 Å². The molecule has 3 heteroatoms. The van der Waals surface area contributed by atoms with Crippen molar-refractivity contribution in [3.8, 4) is 0 Å². The van der Waals surface area contributed by atoms with E-state index in [2.05, 4.69) is 0 Å². The molecule has 0 bridgehead atoms. The van der Waals surface area contributed by atoms with Gasteiger partial charge >= 0.3 is 0 Å². The van der Waals surface area contributed by atoms with E-state index in [1.54, 1.807) is 0 Å².